The number of ether oxygens (including phenoxy) is 1. The van der Waals surface area contributed by atoms with Gasteiger partial charge in [0.1, 0.15) is 5.75 Å². The number of aromatic nitrogens is 2. The fraction of sp³-hybridized carbons (Fsp3) is 0.385. The van der Waals surface area contributed by atoms with Gasteiger partial charge in [-0.15, -0.1) is 0 Å². The molecular formula is C26H30N4O3. The van der Waals surface area contributed by atoms with Gasteiger partial charge in [-0.25, -0.2) is 0 Å². The number of nitrogens with zero attached hydrogens (tertiary/aromatic N) is 3. The van der Waals surface area contributed by atoms with Crippen LogP contribution in [0.4, 0.5) is 0 Å². The van der Waals surface area contributed by atoms with Gasteiger partial charge in [0, 0.05) is 61.0 Å². The van der Waals surface area contributed by atoms with Crippen LogP contribution in [0.25, 0.3) is 21.9 Å². The smallest absolute Gasteiger partial charge is 0.251 e. The van der Waals surface area contributed by atoms with Gasteiger partial charge in [0.05, 0.1) is 12.8 Å². The molecule has 1 aliphatic rings. The summed E-state index contributed by atoms with van der Waals surface area (Å²) in [6.07, 6.45) is 5.19. The molecule has 0 bridgehead atoms. The molecule has 0 saturated carbocycles. The number of benzene rings is 2. The average molecular weight is 447 g/mol. The summed E-state index contributed by atoms with van der Waals surface area (Å²) < 4.78 is 13.6. The van der Waals surface area contributed by atoms with Crippen molar-refractivity contribution in [1.29, 1.82) is 0 Å². The number of hydrogen-bond donors (Lipinski definition) is 1. The van der Waals surface area contributed by atoms with Gasteiger partial charge in [-0.3, -0.25) is 4.79 Å². The molecular weight excluding hydrogens is 416 g/mol. The van der Waals surface area contributed by atoms with Gasteiger partial charge >= 0.3 is 0 Å². The van der Waals surface area contributed by atoms with Crippen LogP contribution in [-0.2, 0) is 6.42 Å². The van der Waals surface area contributed by atoms with E-state index < -0.39 is 0 Å². The van der Waals surface area contributed by atoms with Crippen LogP contribution in [0.3, 0.4) is 0 Å². The van der Waals surface area contributed by atoms with Gasteiger partial charge in [0.25, 0.3) is 5.91 Å². The van der Waals surface area contributed by atoms with E-state index in [0.717, 1.165) is 72.4 Å². The first-order chi connectivity index (χ1) is 16.1. The highest BCUT2D eigenvalue weighted by Crippen LogP contribution is 2.32. The second kappa shape index (κ2) is 8.90. The molecule has 1 fully saturated rings. The predicted octanol–water partition coefficient (Wildman–Crippen LogP) is 4.34. The minimum absolute atomic E-state index is 0.0492. The van der Waals surface area contributed by atoms with Crippen molar-refractivity contribution in [1.82, 2.24) is 19.9 Å². The molecule has 7 nitrogen and oxygen atoms in total. The number of nitrogens with one attached hydrogen (secondary N) is 1. The Morgan fingerprint density at radius 3 is 2.79 bits per heavy atom. The number of piperidine rings is 1. The topological polar surface area (TPSA) is 72.5 Å². The number of methoxy groups -OCH3 is 1. The Bertz CT molecular complexity index is 1300. The number of hydrogen-bond acceptors (Lipinski definition) is 5. The zero-order valence-electron chi connectivity index (χ0n) is 19.4. The molecule has 1 N–H and O–H groups in total. The molecule has 0 spiro atoms. The Kier molecular flexibility index (Phi) is 5.81. The highest BCUT2D eigenvalue weighted by Gasteiger charge is 2.23. The molecule has 7 heteroatoms. The molecule has 2 aromatic heterocycles. The van der Waals surface area contributed by atoms with Crippen molar-refractivity contribution in [3.8, 4) is 5.75 Å². The Morgan fingerprint density at radius 2 is 2.03 bits per heavy atom. The first kappa shape index (κ1) is 21.5. The molecule has 3 heterocycles. The minimum Gasteiger partial charge on any atom is -0.496 e. The maximum absolute atomic E-state index is 12.1. The van der Waals surface area contributed by atoms with Crippen LogP contribution in [0.2, 0.25) is 0 Å². The maximum atomic E-state index is 12.1. The molecule has 4 aromatic rings. The molecule has 0 atom stereocenters. The second-order valence-corrected chi connectivity index (χ2v) is 8.79. The molecule has 0 unspecified atom stereocenters. The summed E-state index contributed by atoms with van der Waals surface area (Å²) >= 11 is 0. The monoisotopic (exact) mass is 446 g/mol. The van der Waals surface area contributed by atoms with Crippen molar-refractivity contribution < 1.29 is 14.1 Å². The van der Waals surface area contributed by atoms with E-state index in [1.807, 2.05) is 37.3 Å². The van der Waals surface area contributed by atoms with E-state index in [2.05, 4.69) is 32.2 Å². The molecule has 0 aliphatic carbocycles. The van der Waals surface area contributed by atoms with Crippen LogP contribution < -0.4 is 10.1 Å². The minimum atomic E-state index is -0.0492. The molecule has 33 heavy (non-hydrogen) atoms. The Hall–Kier alpha value is -3.32. The summed E-state index contributed by atoms with van der Waals surface area (Å²) in [7, 11) is 3.37. The Balaban J connectivity index is 1.27. The first-order valence-electron chi connectivity index (χ1n) is 11.6. The van der Waals surface area contributed by atoms with Gasteiger partial charge in [0.15, 0.2) is 5.58 Å². The third-order valence-corrected chi connectivity index (χ3v) is 6.94. The number of aryl methyl sites for hydroxylation is 1. The molecule has 1 saturated heterocycles. The summed E-state index contributed by atoms with van der Waals surface area (Å²) in [6.45, 7) is 4.99. The number of amides is 1. The summed E-state index contributed by atoms with van der Waals surface area (Å²) in [6, 6.07) is 12.5. The number of fused-ring (bicyclic) bond motifs is 2. The lowest BCUT2D eigenvalue weighted by Crippen LogP contribution is -2.35. The predicted molar refractivity (Wildman–Crippen MR) is 129 cm³/mol. The quantitative estimate of drug-likeness (QED) is 0.477. The summed E-state index contributed by atoms with van der Waals surface area (Å²) in [5.41, 5.74) is 4.68. The lowest BCUT2D eigenvalue weighted by Gasteiger charge is -2.33. The lowest BCUT2D eigenvalue weighted by molar-refractivity contribution is 0.0963. The van der Waals surface area contributed by atoms with Crippen molar-refractivity contribution in [2.24, 2.45) is 0 Å². The van der Waals surface area contributed by atoms with Crippen molar-refractivity contribution in [3.05, 3.63) is 59.4 Å². The van der Waals surface area contributed by atoms with Gasteiger partial charge < -0.3 is 24.0 Å². The molecule has 0 radical (unpaired) electrons. The summed E-state index contributed by atoms with van der Waals surface area (Å²) in [4.78, 5) is 14.6. The lowest BCUT2D eigenvalue weighted by atomic mass is 10.0. The van der Waals surface area contributed by atoms with E-state index in [1.54, 1.807) is 14.2 Å². The molecule has 172 valence electrons. The van der Waals surface area contributed by atoms with Crippen molar-refractivity contribution in [2.45, 2.75) is 32.2 Å². The van der Waals surface area contributed by atoms with Crippen molar-refractivity contribution >= 4 is 27.8 Å². The molecule has 5 rings (SSSR count). The summed E-state index contributed by atoms with van der Waals surface area (Å²) in [5, 5.41) is 9.09. The number of carbonyl (C=O) groups is 1. The Labute approximate surface area is 193 Å². The second-order valence-electron chi connectivity index (χ2n) is 8.79. The van der Waals surface area contributed by atoms with Crippen molar-refractivity contribution in [3.63, 3.8) is 0 Å². The molecule has 1 amide bonds. The van der Waals surface area contributed by atoms with Gasteiger partial charge in [-0.2, -0.15) is 0 Å². The number of carbonyl (C=O) groups excluding carboxylic acids is 1. The van der Waals surface area contributed by atoms with E-state index >= 15 is 0 Å². The van der Waals surface area contributed by atoms with Crippen molar-refractivity contribution in [2.75, 3.05) is 33.8 Å². The zero-order chi connectivity index (χ0) is 22.9. The third kappa shape index (κ3) is 3.97. The molecule has 1 aliphatic heterocycles. The third-order valence-electron chi connectivity index (χ3n) is 6.94. The van der Waals surface area contributed by atoms with E-state index in [4.69, 9.17) is 9.26 Å². The van der Waals surface area contributed by atoms with Gasteiger partial charge in [-0.05, 0) is 61.9 Å². The standard InChI is InChI=1S/C26H30N4O3/c1-17-21-6-7-24(32-3)22(25(21)33-28-17)11-14-29-12-9-20(10-13-29)30-15-8-18-4-5-19(16-23(18)30)26(31)27-2/h4-8,15-16,20H,9-14H2,1-3H3,(H,27,31). The summed E-state index contributed by atoms with van der Waals surface area (Å²) in [5.74, 6) is 0.811. The average Bonchev–Trinajstić information content (AvgIpc) is 3.45. The molecule has 2 aromatic carbocycles. The maximum Gasteiger partial charge on any atom is 0.251 e. The van der Waals surface area contributed by atoms with Crippen LogP contribution in [0.1, 0.15) is 40.5 Å². The van der Waals surface area contributed by atoms with Gasteiger partial charge in [-0.1, -0.05) is 11.2 Å². The van der Waals surface area contributed by atoms with Crippen LogP contribution in [0, 0.1) is 6.92 Å². The van der Waals surface area contributed by atoms with E-state index in [1.165, 1.54) is 5.39 Å². The SMILES string of the molecule is CNC(=O)c1ccc2ccn(C3CCN(CCc4c(OC)ccc5c(C)noc45)CC3)c2c1. The van der Waals surface area contributed by atoms with Crippen LogP contribution in [-0.4, -0.2) is 54.3 Å². The van der Waals surface area contributed by atoms with E-state index in [0.29, 0.717) is 11.6 Å². The largest absolute Gasteiger partial charge is 0.496 e. The zero-order valence-corrected chi connectivity index (χ0v) is 19.4. The van der Waals surface area contributed by atoms with E-state index in [9.17, 15) is 4.79 Å². The highest BCUT2D eigenvalue weighted by atomic mass is 16.5. The normalized spacial score (nSPS) is 15.4. The fourth-order valence-electron chi connectivity index (χ4n) is 5.03. The number of rotatable bonds is 6. The number of likely N-dealkylation sites (tertiary alicyclic amines) is 1. The first-order valence-corrected chi connectivity index (χ1v) is 11.6. The fourth-order valence-corrected chi connectivity index (χ4v) is 5.03. The van der Waals surface area contributed by atoms with Crippen LogP contribution in [0.15, 0.2) is 47.1 Å². The van der Waals surface area contributed by atoms with Crippen LogP contribution in [0.5, 0.6) is 5.75 Å². The van der Waals surface area contributed by atoms with Crippen LogP contribution >= 0.6 is 0 Å². The van der Waals surface area contributed by atoms with Gasteiger partial charge in [0.2, 0.25) is 0 Å². The van der Waals surface area contributed by atoms with E-state index in [-0.39, 0.29) is 5.91 Å². The highest BCUT2D eigenvalue weighted by molar-refractivity contribution is 5.97. The Morgan fingerprint density at radius 1 is 1.21 bits per heavy atom.